The van der Waals surface area contributed by atoms with E-state index < -0.39 is 0 Å². The summed E-state index contributed by atoms with van der Waals surface area (Å²) in [5.41, 5.74) is 0. The Kier molecular flexibility index (Phi) is 5.17. The zero-order valence-electron chi connectivity index (χ0n) is 13.2. The van der Waals surface area contributed by atoms with Gasteiger partial charge in [-0.25, -0.2) is 9.97 Å². The SMILES string of the molecule is C[C@H](CN1CCCC1)CN(C)c1cc(N(C)C)ncn1. The molecule has 5 heteroatoms. The fourth-order valence-corrected chi connectivity index (χ4v) is 2.82. The molecule has 1 atom stereocenters. The Balaban J connectivity index is 1.89. The highest BCUT2D eigenvalue weighted by Gasteiger charge is 2.16. The van der Waals surface area contributed by atoms with Crippen LogP contribution in [0.5, 0.6) is 0 Å². The molecule has 0 unspecified atom stereocenters. The minimum absolute atomic E-state index is 0.649. The van der Waals surface area contributed by atoms with Gasteiger partial charge < -0.3 is 14.7 Å². The molecule has 5 nitrogen and oxygen atoms in total. The van der Waals surface area contributed by atoms with Gasteiger partial charge in [0.15, 0.2) is 0 Å². The molecule has 1 aliphatic heterocycles. The largest absolute Gasteiger partial charge is 0.363 e. The minimum Gasteiger partial charge on any atom is -0.363 e. The summed E-state index contributed by atoms with van der Waals surface area (Å²) in [7, 11) is 6.12. The number of hydrogen-bond acceptors (Lipinski definition) is 5. The van der Waals surface area contributed by atoms with E-state index in [0.29, 0.717) is 5.92 Å². The lowest BCUT2D eigenvalue weighted by Crippen LogP contribution is -2.33. The molecule has 1 aromatic heterocycles. The van der Waals surface area contributed by atoms with E-state index in [9.17, 15) is 0 Å². The van der Waals surface area contributed by atoms with Gasteiger partial charge in [-0.3, -0.25) is 0 Å². The van der Waals surface area contributed by atoms with Crippen LogP contribution in [-0.2, 0) is 0 Å². The molecular weight excluding hydrogens is 250 g/mol. The van der Waals surface area contributed by atoms with E-state index in [-0.39, 0.29) is 0 Å². The first kappa shape index (κ1) is 15.0. The first-order chi connectivity index (χ1) is 9.56. The molecule has 1 aromatic rings. The highest BCUT2D eigenvalue weighted by Crippen LogP contribution is 2.17. The maximum atomic E-state index is 4.38. The summed E-state index contributed by atoms with van der Waals surface area (Å²) >= 11 is 0. The molecule has 2 heterocycles. The molecule has 1 fully saturated rings. The Hall–Kier alpha value is -1.36. The molecule has 0 saturated carbocycles. The van der Waals surface area contributed by atoms with E-state index in [1.165, 1.54) is 32.5 Å². The molecule has 112 valence electrons. The summed E-state index contributed by atoms with van der Waals surface area (Å²) in [6.07, 6.45) is 4.37. The van der Waals surface area contributed by atoms with Crippen LogP contribution in [0.15, 0.2) is 12.4 Å². The van der Waals surface area contributed by atoms with Crippen molar-refractivity contribution < 1.29 is 0 Å². The van der Waals surface area contributed by atoms with Gasteiger partial charge in [-0.15, -0.1) is 0 Å². The lowest BCUT2D eigenvalue weighted by molar-refractivity contribution is 0.290. The molecule has 2 rings (SSSR count). The highest BCUT2D eigenvalue weighted by molar-refractivity contribution is 5.48. The van der Waals surface area contributed by atoms with Crippen molar-refractivity contribution in [2.24, 2.45) is 5.92 Å². The van der Waals surface area contributed by atoms with Crippen molar-refractivity contribution in [3.8, 4) is 0 Å². The quantitative estimate of drug-likeness (QED) is 0.791. The smallest absolute Gasteiger partial charge is 0.133 e. The van der Waals surface area contributed by atoms with E-state index in [1.807, 2.05) is 25.1 Å². The van der Waals surface area contributed by atoms with Gasteiger partial charge in [-0.1, -0.05) is 6.92 Å². The second kappa shape index (κ2) is 6.88. The number of anilines is 2. The number of likely N-dealkylation sites (tertiary alicyclic amines) is 1. The van der Waals surface area contributed by atoms with Crippen LogP contribution in [0, 0.1) is 5.92 Å². The Labute approximate surface area is 122 Å². The first-order valence-electron chi connectivity index (χ1n) is 7.49. The third-order valence-electron chi connectivity index (χ3n) is 3.84. The summed E-state index contributed by atoms with van der Waals surface area (Å²) < 4.78 is 0. The van der Waals surface area contributed by atoms with Crippen molar-refractivity contribution in [3.05, 3.63) is 12.4 Å². The maximum absolute atomic E-state index is 4.38. The summed E-state index contributed by atoms with van der Waals surface area (Å²) in [5, 5.41) is 0. The van der Waals surface area contributed by atoms with Crippen molar-refractivity contribution in [2.45, 2.75) is 19.8 Å². The van der Waals surface area contributed by atoms with Crippen LogP contribution in [0.3, 0.4) is 0 Å². The van der Waals surface area contributed by atoms with Crippen molar-refractivity contribution in [2.75, 3.05) is 57.1 Å². The molecule has 1 aliphatic rings. The van der Waals surface area contributed by atoms with Gasteiger partial charge in [0.05, 0.1) is 0 Å². The van der Waals surface area contributed by atoms with Crippen LogP contribution in [0.4, 0.5) is 11.6 Å². The zero-order valence-corrected chi connectivity index (χ0v) is 13.2. The normalized spacial score (nSPS) is 17.2. The Bertz CT molecular complexity index is 414. The van der Waals surface area contributed by atoms with Crippen LogP contribution < -0.4 is 9.80 Å². The standard InChI is InChI=1S/C15H27N5/c1-13(11-20-7-5-6-8-20)10-19(4)15-9-14(18(2)3)16-12-17-15/h9,12-13H,5-8,10-11H2,1-4H3/t13-/m0/s1. The van der Waals surface area contributed by atoms with Gasteiger partial charge in [-0.2, -0.15) is 0 Å². The summed E-state index contributed by atoms with van der Waals surface area (Å²) in [6, 6.07) is 2.04. The van der Waals surface area contributed by atoms with E-state index in [0.717, 1.165) is 18.2 Å². The Morgan fingerprint density at radius 2 is 1.80 bits per heavy atom. The number of nitrogens with zero attached hydrogens (tertiary/aromatic N) is 5. The molecule has 20 heavy (non-hydrogen) atoms. The van der Waals surface area contributed by atoms with Crippen LogP contribution in [0.1, 0.15) is 19.8 Å². The minimum atomic E-state index is 0.649. The lowest BCUT2D eigenvalue weighted by Gasteiger charge is -2.26. The maximum Gasteiger partial charge on any atom is 0.133 e. The topological polar surface area (TPSA) is 35.5 Å². The van der Waals surface area contributed by atoms with E-state index in [2.05, 4.69) is 33.7 Å². The van der Waals surface area contributed by atoms with Gasteiger partial charge in [0, 0.05) is 40.3 Å². The molecule has 0 aromatic carbocycles. The monoisotopic (exact) mass is 277 g/mol. The fourth-order valence-electron chi connectivity index (χ4n) is 2.82. The molecule has 0 aliphatic carbocycles. The third-order valence-corrected chi connectivity index (χ3v) is 3.84. The van der Waals surface area contributed by atoms with Crippen molar-refractivity contribution in [1.29, 1.82) is 0 Å². The second-order valence-electron chi connectivity index (χ2n) is 6.12. The summed E-state index contributed by atoms with van der Waals surface area (Å²) in [4.78, 5) is 15.5. The molecular formula is C15H27N5. The number of aromatic nitrogens is 2. The molecule has 0 N–H and O–H groups in total. The summed E-state index contributed by atoms with van der Waals surface area (Å²) in [6.45, 7) is 7.08. The molecule has 1 saturated heterocycles. The van der Waals surface area contributed by atoms with Crippen molar-refractivity contribution in [3.63, 3.8) is 0 Å². The molecule has 0 spiro atoms. The molecule has 0 bridgehead atoms. The predicted octanol–water partition coefficient (Wildman–Crippen LogP) is 1.71. The average molecular weight is 277 g/mol. The Morgan fingerprint density at radius 1 is 1.15 bits per heavy atom. The van der Waals surface area contributed by atoms with Crippen LogP contribution in [-0.4, -0.2) is 62.2 Å². The van der Waals surface area contributed by atoms with Gasteiger partial charge >= 0.3 is 0 Å². The zero-order chi connectivity index (χ0) is 14.5. The summed E-state index contributed by atoms with van der Waals surface area (Å²) in [5.74, 6) is 2.60. The van der Waals surface area contributed by atoms with Crippen LogP contribution in [0.25, 0.3) is 0 Å². The van der Waals surface area contributed by atoms with Crippen LogP contribution in [0.2, 0.25) is 0 Å². The van der Waals surface area contributed by atoms with Gasteiger partial charge in [0.1, 0.15) is 18.0 Å². The number of hydrogen-bond donors (Lipinski definition) is 0. The van der Waals surface area contributed by atoms with Crippen molar-refractivity contribution in [1.82, 2.24) is 14.9 Å². The van der Waals surface area contributed by atoms with E-state index in [1.54, 1.807) is 6.33 Å². The van der Waals surface area contributed by atoms with Gasteiger partial charge in [-0.05, 0) is 31.8 Å². The fraction of sp³-hybridized carbons (Fsp3) is 0.733. The van der Waals surface area contributed by atoms with E-state index >= 15 is 0 Å². The lowest BCUT2D eigenvalue weighted by atomic mass is 10.1. The van der Waals surface area contributed by atoms with Crippen molar-refractivity contribution >= 4 is 11.6 Å². The third kappa shape index (κ3) is 4.07. The van der Waals surface area contributed by atoms with Gasteiger partial charge in [0.25, 0.3) is 0 Å². The second-order valence-corrected chi connectivity index (χ2v) is 6.12. The average Bonchev–Trinajstić information content (AvgIpc) is 2.91. The predicted molar refractivity (Wildman–Crippen MR) is 84.5 cm³/mol. The van der Waals surface area contributed by atoms with Crippen LogP contribution >= 0.6 is 0 Å². The number of rotatable bonds is 6. The molecule has 0 radical (unpaired) electrons. The molecule has 0 amide bonds. The van der Waals surface area contributed by atoms with E-state index in [4.69, 9.17) is 0 Å². The van der Waals surface area contributed by atoms with Gasteiger partial charge in [0.2, 0.25) is 0 Å². The highest BCUT2D eigenvalue weighted by atomic mass is 15.2. The first-order valence-corrected chi connectivity index (χ1v) is 7.49. The Morgan fingerprint density at radius 3 is 2.45 bits per heavy atom.